The van der Waals surface area contributed by atoms with Gasteiger partial charge in [-0.15, -0.1) is 0 Å². The summed E-state index contributed by atoms with van der Waals surface area (Å²) in [6.45, 7) is 0.866. The second-order valence-electron chi connectivity index (χ2n) is 4.95. The molecule has 0 bridgehead atoms. The Morgan fingerprint density at radius 3 is 2.76 bits per heavy atom. The minimum atomic E-state index is -3.30. The van der Waals surface area contributed by atoms with E-state index in [1.807, 2.05) is 0 Å². The summed E-state index contributed by atoms with van der Waals surface area (Å²) in [5, 5.41) is 0.262. The van der Waals surface area contributed by atoms with E-state index in [0.29, 0.717) is 19.5 Å². The first-order valence-corrected chi connectivity index (χ1v) is 8.99. The first-order chi connectivity index (χ1) is 9.76. The zero-order chi connectivity index (χ0) is 15.6. The van der Waals surface area contributed by atoms with E-state index in [9.17, 15) is 13.2 Å². The molecule has 1 aromatic heterocycles. The lowest BCUT2D eigenvalue weighted by Gasteiger charge is -2.32. The van der Waals surface area contributed by atoms with E-state index in [1.165, 1.54) is 12.1 Å². The van der Waals surface area contributed by atoms with Crippen molar-refractivity contribution in [2.45, 2.75) is 18.9 Å². The Bertz CT molecular complexity index is 651. The highest BCUT2D eigenvalue weighted by molar-refractivity contribution is 7.88. The van der Waals surface area contributed by atoms with Crippen molar-refractivity contribution >= 4 is 39.1 Å². The van der Waals surface area contributed by atoms with Crippen LogP contribution < -0.4 is 4.72 Å². The summed E-state index contributed by atoms with van der Waals surface area (Å²) >= 11 is 11.6. The Morgan fingerprint density at radius 1 is 1.43 bits per heavy atom. The number of nitrogens with zero attached hydrogens (tertiary/aromatic N) is 2. The van der Waals surface area contributed by atoms with Gasteiger partial charge in [-0.1, -0.05) is 23.2 Å². The fourth-order valence-electron chi connectivity index (χ4n) is 2.30. The van der Waals surface area contributed by atoms with Crippen LogP contribution >= 0.6 is 23.2 Å². The predicted molar refractivity (Wildman–Crippen MR) is 81.2 cm³/mol. The summed E-state index contributed by atoms with van der Waals surface area (Å²) in [6, 6.07) is 2.74. The lowest BCUT2D eigenvalue weighted by atomic mass is 10.1. The zero-order valence-electron chi connectivity index (χ0n) is 11.3. The van der Waals surface area contributed by atoms with Gasteiger partial charge in [0, 0.05) is 19.1 Å². The number of nitrogens with one attached hydrogen (secondary N) is 1. The van der Waals surface area contributed by atoms with E-state index < -0.39 is 10.0 Å². The number of carbonyl (C=O) groups is 1. The summed E-state index contributed by atoms with van der Waals surface area (Å²) in [5.74, 6) is -0.274. The van der Waals surface area contributed by atoms with Crippen LogP contribution in [0.2, 0.25) is 10.3 Å². The molecule has 1 N–H and O–H groups in total. The smallest absolute Gasteiger partial charge is 0.257 e. The number of hydrogen-bond acceptors (Lipinski definition) is 4. The number of likely N-dealkylation sites (tertiary alicyclic amines) is 1. The average molecular weight is 352 g/mol. The fourth-order valence-corrected chi connectivity index (χ4v) is 3.53. The molecule has 1 unspecified atom stereocenters. The normalized spacial score (nSPS) is 19.6. The Kier molecular flexibility index (Phi) is 5.08. The summed E-state index contributed by atoms with van der Waals surface area (Å²) in [4.78, 5) is 17.8. The van der Waals surface area contributed by atoms with Gasteiger partial charge in [0.1, 0.15) is 10.3 Å². The molecule has 1 saturated heterocycles. The molecule has 0 saturated carbocycles. The molecule has 0 aromatic carbocycles. The van der Waals surface area contributed by atoms with Crippen LogP contribution in [-0.4, -0.2) is 49.6 Å². The quantitative estimate of drug-likeness (QED) is 0.837. The summed E-state index contributed by atoms with van der Waals surface area (Å²) in [6.07, 6.45) is 2.52. The van der Waals surface area contributed by atoms with Gasteiger partial charge in [0.2, 0.25) is 10.0 Å². The van der Waals surface area contributed by atoms with E-state index in [2.05, 4.69) is 9.71 Å². The third-order valence-corrected chi connectivity index (χ3v) is 4.39. The number of halogens is 2. The maximum absolute atomic E-state index is 12.4. The highest BCUT2D eigenvalue weighted by atomic mass is 35.5. The number of sulfonamides is 1. The molecule has 1 aliphatic heterocycles. The third kappa shape index (κ3) is 4.54. The van der Waals surface area contributed by atoms with E-state index in [0.717, 1.165) is 12.7 Å². The van der Waals surface area contributed by atoms with Gasteiger partial charge < -0.3 is 4.90 Å². The number of aromatic nitrogens is 1. The van der Waals surface area contributed by atoms with Crippen molar-refractivity contribution in [2.75, 3.05) is 19.3 Å². The molecular formula is C12H15Cl2N3O3S. The van der Waals surface area contributed by atoms with Crippen molar-refractivity contribution in [2.24, 2.45) is 0 Å². The van der Waals surface area contributed by atoms with Gasteiger partial charge in [-0.2, -0.15) is 0 Å². The minimum absolute atomic E-state index is 0.0469. The highest BCUT2D eigenvalue weighted by Gasteiger charge is 2.27. The molecule has 0 radical (unpaired) electrons. The topological polar surface area (TPSA) is 79.4 Å². The minimum Gasteiger partial charge on any atom is -0.337 e. The predicted octanol–water partition coefficient (Wildman–Crippen LogP) is 1.54. The van der Waals surface area contributed by atoms with Gasteiger partial charge in [-0.3, -0.25) is 4.79 Å². The lowest BCUT2D eigenvalue weighted by molar-refractivity contribution is 0.0703. The molecular weight excluding hydrogens is 337 g/mol. The zero-order valence-corrected chi connectivity index (χ0v) is 13.7. The van der Waals surface area contributed by atoms with Crippen molar-refractivity contribution in [1.29, 1.82) is 0 Å². The lowest BCUT2D eigenvalue weighted by Crippen LogP contribution is -2.49. The summed E-state index contributed by atoms with van der Waals surface area (Å²) < 4.78 is 25.1. The van der Waals surface area contributed by atoms with Crippen LogP contribution in [0.5, 0.6) is 0 Å². The van der Waals surface area contributed by atoms with E-state index in [1.54, 1.807) is 4.90 Å². The van der Waals surface area contributed by atoms with Crippen LogP contribution in [0.1, 0.15) is 23.2 Å². The molecule has 1 aromatic rings. The van der Waals surface area contributed by atoms with Gasteiger partial charge in [0.05, 0.1) is 11.8 Å². The maximum Gasteiger partial charge on any atom is 0.257 e. The highest BCUT2D eigenvalue weighted by Crippen LogP contribution is 2.20. The average Bonchev–Trinajstić information content (AvgIpc) is 2.36. The first kappa shape index (κ1) is 16.5. The fraction of sp³-hybridized carbons (Fsp3) is 0.500. The van der Waals surface area contributed by atoms with Gasteiger partial charge in [0.25, 0.3) is 5.91 Å². The maximum atomic E-state index is 12.4. The molecule has 1 atom stereocenters. The summed E-state index contributed by atoms with van der Waals surface area (Å²) in [7, 11) is -3.30. The monoisotopic (exact) mass is 351 g/mol. The molecule has 0 aliphatic carbocycles. The molecule has 1 fully saturated rings. The van der Waals surface area contributed by atoms with Crippen molar-refractivity contribution in [3.63, 3.8) is 0 Å². The molecule has 6 nitrogen and oxygen atoms in total. The van der Waals surface area contributed by atoms with E-state index in [4.69, 9.17) is 23.2 Å². The molecule has 2 heterocycles. The Morgan fingerprint density at radius 2 is 2.14 bits per heavy atom. The Balaban J connectivity index is 2.12. The number of hydrogen-bond donors (Lipinski definition) is 1. The van der Waals surface area contributed by atoms with Crippen molar-refractivity contribution in [3.8, 4) is 0 Å². The van der Waals surface area contributed by atoms with Crippen LogP contribution in [0.15, 0.2) is 12.1 Å². The Labute approximate surface area is 133 Å². The first-order valence-electron chi connectivity index (χ1n) is 6.35. The van der Waals surface area contributed by atoms with E-state index in [-0.39, 0.29) is 27.8 Å². The molecule has 1 aliphatic rings. The molecule has 21 heavy (non-hydrogen) atoms. The third-order valence-electron chi connectivity index (χ3n) is 3.13. The van der Waals surface area contributed by atoms with Crippen LogP contribution in [0, 0.1) is 0 Å². The number of amides is 1. The molecule has 2 rings (SSSR count). The standard InChI is InChI=1S/C12H15Cl2N3O3S/c1-21(19,20)16-8-3-2-6-17(7-8)12(18)9-4-5-10(13)15-11(9)14/h4-5,8,16H,2-3,6-7H2,1H3. The molecule has 0 spiro atoms. The van der Waals surface area contributed by atoms with E-state index >= 15 is 0 Å². The second-order valence-corrected chi connectivity index (χ2v) is 7.48. The number of pyridine rings is 1. The van der Waals surface area contributed by atoms with Gasteiger partial charge in [-0.25, -0.2) is 18.1 Å². The number of piperidine rings is 1. The largest absolute Gasteiger partial charge is 0.337 e. The number of carbonyl (C=O) groups excluding carboxylic acids is 1. The molecule has 1 amide bonds. The van der Waals surface area contributed by atoms with Crippen LogP contribution in [-0.2, 0) is 10.0 Å². The SMILES string of the molecule is CS(=O)(=O)NC1CCCN(C(=O)c2ccc(Cl)nc2Cl)C1. The van der Waals surface area contributed by atoms with Crippen LogP contribution in [0.25, 0.3) is 0 Å². The molecule has 9 heteroatoms. The van der Waals surface area contributed by atoms with Crippen molar-refractivity contribution in [3.05, 3.63) is 28.0 Å². The van der Waals surface area contributed by atoms with Gasteiger partial charge >= 0.3 is 0 Å². The number of rotatable bonds is 3. The molecule has 116 valence electrons. The van der Waals surface area contributed by atoms with Crippen LogP contribution in [0.4, 0.5) is 0 Å². The van der Waals surface area contributed by atoms with Crippen LogP contribution in [0.3, 0.4) is 0 Å². The van der Waals surface area contributed by atoms with Gasteiger partial charge in [0.15, 0.2) is 0 Å². The summed E-state index contributed by atoms with van der Waals surface area (Å²) in [5.41, 5.74) is 0.265. The van der Waals surface area contributed by atoms with Gasteiger partial charge in [-0.05, 0) is 25.0 Å². The second kappa shape index (κ2) is 6.48. The van der Waals surface area contributed by atoms with Crippen molar-refractivity contribution in [1.82, 2.24) is 14.6 Å². The Hall–Kier alpha value is -0.890. The van der Waals surface area contributed by atoms with Crippen molar-refractivity contribution < 1.29 is 13.2 Å².